The third-order valence-corrected chi connectivity index (χ3v) is 3.38. The molecule has 1 saturated carbocycles. The second-order valence-electron chi connectivity index (χ2n) is 5.65. The molecule has 16 heavy (non-hydrogen) atoms. The van der Waals surface area contributed by atoms with Crippen LogP contribution in [0, 0.1) is 11.8 Å². The summed E-state index contributed by atoms with van der Waals surface area (Å²) in [5.74, 6) is 0.423. The van der Waals surface area contributed by atoms with Crippen molar-refractivity contribution in [3.05, 3.63) is 0 Å². The van der Waals surface area contributed by atoms with Crippen molar-refractivity contribution in [2.24, 2.45) is 11.8 Å². The number of nitrogens with zero attached hydrogens (tertiary/aromatic N) is 2. The molecule has 0 unspecified atom stereocenters. The largest absolute Gasteiger partial charge is 0.393 e. The van der Waals surface area contributed by atoms with Crippen molar-refractivity contribution in [3.8, 4) is 0 Å². The summed E-state index contributed by atoms with van der Waals surface area (Å²) in [7, 11) is 8.02. The lowest BCUT2D eigenvalue weighted by molar-refractivity contribution is -0.0444. The predicted octanol–water partition coefficient (Wildman–Crippen LogP) is -0.142. The van der Waals surface area contributed by atoms with Gasteiger partial charge >= 0.3 is 0 Å². The van der Waals surface area contributed by atoms with E-state index in [1.807, 2.05) is 28.2 Å². The van der Waals surface area contributed by atoms with Crippen LogP contribution in [-0.4, -0.2) is 73.5 Å². The normalized spacial score (nSPS) is 36.0. The van der Waals surface area contributed by atoms with Crippen molar-refractivity contribution < 1.29 is 10.2 Å². The molecular weight excluding hydrogens is 204 g/mol. The Morgan fingerprint density at radius 2 is 1.12 bits per heavy atom. The first kappa shape index (κ1) is 13.9. The van der Waals surface area contributed by atoms with Gasteiger partial charge in [0.1, 0.15) is 0 Å². The van der Waals surface area contributed by atoms with Crippen molar-refractivity contribution >= 4 is 0 Å². The molecule has 0 radical (unpaired) electrons. The molecule has 0 aromatic carbocycles. The highest BCUT2D eigenvalue weighted by atomic mass is 16.3. The highest BCUT2D eigenvalue weighted by molar-refractivity contribution is 4.87. The summed E-state index contributed by atoms with van der Waals surface area (Å²) in [6.45, 7) is 1.71. The minimum Gasteiger partial charge on any atom is -0.393 e. The van der Waals surface area contributed by atoms with Crippen molar-refractivity contribution in [1.29, 1.82) is 0 Å². The zero-order chi connectivity index (χ0) is 12.3. The third kappa shape index (κ3) is 4.01. The van der Waals surface area contributed by atoms with Gasteiger partial charge in [0.2, 0.25) is 0 Å². The van der Waals surface area contributed by atoms with Crippen molar-refractivity contribution in [2.45, 2.75) is 25.0 Å². The first-order valence-corrected chi connectivity index (χ1v) is 6.05. The van der Waals surface area contributed by atoms with E-state index in [1.165, 1.54) is 0 Å². The molecule has 0 heterocycles. The smallest absolute Gasteiger partial charge is 0.0585 e. The van der Waals surface area contributed by atoms with Crippen LogP contribution in [0.4, 0.5) is 0 Å². The molecule has 2 N–H and O–H groups in total. The molecule has 0 bridgehead atoms. The van der Waals surface area contributed by atoms with Gasteiger partial charge in [-0.3, -0.25) is 0 Å². The molecule has 0 saturated heterocycles. The Morgan fingerprint density at radius 1 is 0.812 bits per heavy atom. The maximum absolute atomic E-state index is 10.1. The predicted molar refractivity (Wildman–Crippen MR) is 65.3 cm³/mol. The molecule has 0 spiro atoms. The van der Waals surface area contributed by atoms with Crippen LogP contribution >= 0.6 is 0 Å². The lowest BCUT2D eigenvalue weighted by Crippen LogP contribution is -2.45. The fraction of sp³-hybridized carbons (Fsp3) is 1.00. The number of hydrogen-bond donors (Lipinski definition) is 2. The van der Waals surface area contributed by atoms with Gasteiger partial charge < -0.3 is 20.0 Å². The minimum atomic E-state index is -0.268. The zero-order valence-electron chi connectivity index (χ0n) is 10.9. The van der Waals surface area contributed by atoms with Crippen molar-refractivity contribution in [1.82, 2.24) is 9.80 Å². The Morgan fingerprint density at radius 3 is 1.38 bits per heavy atom. The summed E-state index contributed by atoms with van der Waals surface area (Å²) < 4.78 is 0. The van der Waals surface area contributed by atoms with Crippen LogP contribution in [0.3, 0.4) is 0 Å². The number of aliphatic hydroxyl groups excluding tert-OH is 2. The quantitative estimate of drug-likeness (QED) is 0.705. The first-order valence-electron chi connectivity index (χ1n) is 6.05. The van der Waals surface area contributed by atoms with Gasteiger partial charge in [0.05, 0.1) is 12.2 Å². The third-order valence-electron chi connectivity index (χ3n) is 3.38. The van der Waals surface area contributed by atoms with E-state index in [-0.39, 0.29) is 24.0 Å². The van der Waals surface area contributed by atoms with Crippen LogP contribution < -0.4 is 0 Å². The van der Waals surface area contributed by atoms with Crippen LogP contribution in [0.25, 0.3) is 0 Å². The maximum atomic E-state index is 10.1. The summed E-state index contributed by atoms with van der Waals surface area (Å²) in [6.07, 6.45) is 0.905. The number of hydrogen-bond acceptors (Lipinski definition) is 4. The van der Waals surface area contributed by atoms with Crippen LogP contribution in [0.5, 0.6) is 0 Å². The summed E-state index contributed by atoms with van der Waals surface area (Å²) >= 11 is 0. The van der Waals surface area contributed by atoms with Crippen LogP contribution in [0.1, 0.15) is 12.8 Å². The van der Waals surface area contributed by atoms with Gasteiger partial charge in [0.15, 0.2) is 0 Å². The van der Waals surface area contributed by atoms with Crippen LogP contribution in [0.2, 0.25) is 0 Å². The van der Waals surface area contributed by atoms with E-state index in [0.717, 1.165) is 25.9 Å². The van der Waals surface area contributed by atoms with Gasteiger partial charge in [0, 0.05) is 13.1 Å². The molecule has 0 amide bonds. The Hall–Kier alpha value is -0.160. The van der Waals surface area contributed by atoms with E-state index >= 15 is 0 Å². The molecule has 1 fully saturated rings. The zero-order valence-corrected chi connectivity index (χ0v) is 10.9. The summed E-state index contributed by atoms with van der Waals surface area (Å²) in [5.41, 5.74) is 0. The first-order chi connectivity index (χ1) is 7.40. The Balaban J connectivity index is 2.49. The second-order valence-corrected chi connectivity index (χ2v) is 5.65. The topological polar surface area (TPSA) is 46.9 Å². The number of rotatable bonds is 4. The van der Waals surface area contributed by atoms with Gasteiger partial charge in [-0.15, -0.1) is 0 Å². The maximum Gasteiger partial charge on any atom is 0.0585 e. The average molecular weight is 230 g/mol. The standard InChI is InChI=1S/C12H26N2O2/c1-13(2)7-9-5-12(16)10(6-11(9)15)8-14(3)4/h9-12,15-16H,5-8H2,1-4H3/t9-,10+,11-,12-/m0/s1. The Labute approximate surface area is 98.9 Å². The van der Waals surface area contributed by atoms with E-state index in [4.69, 9.17) is 0 Å². The van der Waals surface area contributed by atoms with E-state index in [0.29, 0.717) is 0 Å². The SMILES string of the molecule is CN(C)C[C@H]1C[C@H](O)[C@H](CN(C)C)C[C@@H]1O. The molecule has 0 aromatic rings. The fourth-order valence-corrected chi connectivity index (χ4v) is 2.65. The monoisotopic (exact) mass is 230 g/mol. The molecule has 96 valence electrons. The second kappa shape index (κ2) is 5.96. The minimum absolute atomic E-state index is 0.211. The highest BCUT2D eigenvalue weighted by Crippen LogP contribution is 2.30. The lowest BCUT2D eigenvalue weighted by atomic mass is 9.77. The van der Waals surface area contributed by atoms with E-state index in [2.05, 4.69) is 9.80 Å². The van der Waals surface area contributed by atoms with Crippen molar-refractivity contribution in [3.63, 3.8) is 0 Å². The van der Waals surface area contributed by atoms with E-state index in [9.17, 15) is 10.2 Å². The van der Waals surface area contributed by atoms with Crippen molar-refractivity contribution in [2.75, 3.05) is 41.3 Å². The molecule has 1 aliphatic rings. The van der Waals surface area contributed by atoms with Gasteiger partial charge in [0.25, 0.3) is 0 Å². The Kier molecular flexibility index (Phi) is 5.18. The fourth-order valence-electron chi connectivity index (χ4n) is 2.65. The highest BCUT2D eigenvalue weighted by Gasteiger charge is 2.35. The van der Waals surface area contributed by atoms with Gasteiger partial charge in [-0.05, 0) is 52.9 Å². The summed E-state index contributed by atoms with van der Waals surface area (Å²) in [5, 5.41) is 20.1. The van der Waals surface area contributed by atoms with Gasteiger partial charge in [-0.2, -0.15) is 0 Å². The summed E-state index contributed by atoms with van der Waals surface area (Å²) in [4.78, 5) is 4.15. The Bertz CT molecular complexity index is 187. The average Bonchev–Trinajstić information content (AvgIpc) is 2.11. The molecule has 1 aliphatic carbocycles. The molecular formula is C12H26N2O2. The molecule has 1 rings (SSSR count). The molecule has 4 atom stereocenters. The molecule has 0 aromatic heterocycles. The lowest BCUT2D eigenvalue weighted by Gasteiger charge is -2.39. The van der Waals surface area contributed by atoms with E-state index in [1.54, 1.807) is 0 Å². The van der Waals surface area contributed by atoms with Gasteiger partial charge in [-0.25, -0.2) is 0 Å². The molecule has 4 nitrogen and oxygen atoms in total. The van der Waals surface area contributed by atoms with Gasteiger partial charge in [-0.1, -0.05) is 0 Å². The molecule has 4 heteroatoms. The van der Waals surface area contributed by atoms with Crippen LogP contribution in [-0.2, 0) is 0 Å². The summed E-state index contributed by atoms with van der Waals surface area (Å²) in [6, 6.07) is 0. The number of aliphatic hydroxyl groups is 2. The molecule has 0 aliphatic heterocycles. The van der Waals surface area contributed by atoms with E-state index < -0.39 is 0 Å². The van der Waals surface area contributed by atoms with Crippen LogP contribution in [0.15, 0.2) is 0 Å².